The van der Waals surface area contributed by atoms with E-state index in [0.29, 0.717) is 0 Å². The Morgan fingerprint density at radius 3 is 1.93 bits per heavy atom. The van der Waals surface area contributed by atoms with E-state index < -0.39 is 0 Å². The van der Waals surface area contributed by atoms with Gasteiger partial charge >= 0.3 is 0 Å². The van der Waals surface area contributed by atoms with Crippen molar-refractivity contribution in [2.24, 2.45) is 5.41 Å². The van der Waals surface area contributed by atoms with E-state index in [9.17, 15) is 4.79 Å². The first kappa shape index (κ1) is 13.4. The summed E-state index contributed by atoms with van der Waals surface area (Å²) in [5, 5.41) is 0. The number of carbonyl (C=O) groups is 1. The van der Waals surface area contributed by atoms with Crippen molar-refractivity contribution in [1.82, 2.24) is 9.80 Å². The Labute approximate surface area is 88.1 Å². The third-order valence-corrected chi connectivity index (χ3v) is 2.13. The molecular formula is C11H24N2O. The van der Waals surface area contributed by atoms with Gasteiger partial charge in [-0.2, -0.15) is 0 Å². The van der Waals surface area contributed by atoms with E-state index in [2.05, 4.69) is 4.90 Å². The van der Waals surface area contributed by atoms with Crippen LogP contribution in [-0.2, 0) is 4.79 Å². The quantitative estimate of drug-likeness (QED) is 0.685. The van der Waals surface area contributed by atoms with Gasteiger partial charge in [-0.05, 0) is 21.0 Å². The summed E-state index contributed by atoms with van der Waals surface area (Å²) >= 11 is 0. The summed E-state index contributed by atoms with van der Waals surface area (Å²) in [5.41, 5.74) is -0.262. The van der Waals surface area contributed by atoms with Gasteiger partial charge < -0.3 is 9.80 Å². The molecule has 0 aromatic rings. The summed E-state index contributed by atoms with van der Waals surface area (Å²) in [6.07, 6.45) is 0. The average molecular weight is 200 g/mol. The molecule has 14 heavy (non-hydrogen) atoms. The Morgan fingerprint density at radius 2 is 1.64 bits per heavy atom. The van der Waals surface area contributed by atoms with Crippen molar-refractivity contribution in [2.45, 2.75) is 27.7 Å². The zero-order chi connectivity index (χ0) is 11.4. The maximum Gasteiger partial charge on any atom is 0.227 e. The summed E-state index contributed by atoms with van der Waals surface area (Å²) in [5.74, 6) is 0.238. The smallest absolute Gasteiger partial charge is 0.227 e. The molecule has 1 amide bonds. The second-order valence-electron chi connectivity index (χ2n) is 4.94. The molecule has 3 nitrogen and oxygen atoms in total. The molecule has 0 spiro atoms. The molecule has 3 heteroatoms. The van der Waals surface area contributed by atoms with Crippen LogP contribution >= 0.6 is 0 Å². The minimum absolute atomic E-state index is 0.238. The lowest BCUT2D eigenvalue weighted by Crippen LogP contribution is -2.42. The topological polar surface area (TPSA) is 23.6 Å². The van der Waals surface area contributed by atoms with E-state index in [0.717, 1.165) is 19.6 Å². The van der Waals surface area contributed by atoms with Gasteiger partial charge in [0.1, 0.15) is 0 Å². The zero-order valence-corrected chi connectivity index (χ0v) is 10.4. The largest absolute Gasteiger partial charge is 0.341 e. The van der Waals surface area contributed by atoms with Crippen LogP contribution in [0.5, 0.6) is 0 Å². The fraction of sp³-hybridized carbons (Fsp3) is 0.909. The van der Waals surface area contributed by atoms with Gasteiger partial charge in [0.15, 0.2) is 0 Å². The lowest BCUT2D eigenvalue weighted by atomic mass is 9.95. The van der Waals surface area contributed by atoms with Crippen molar-refractivity contribution in [3.63, 3.8) is 0 Å². The molecule has 0 heterocycles. The summed E-state index contributed by atoms with van der Waals surface area (Å²) < 4.78 is 0. The van der Waals surface area contributed by atoms with E-state index >= 15 is 0 Å². The van der Waals surface area contributed by atoms with E-state index in [4.69, 9.17) is 0 Å². The van der Waals surface area contributed by atoms with Crippen molar-refractivity contribution >= 4 is 5.91 Å². The van der Waals surface area contributed by atoms with Gasteiger partial charge in [-0.3, -0.25) is 4.79 Å². The van der Waals surface area contributed by atoms with Crippen LogP contribution in [0.3, 0.4) is 0 Å². The van der Waals surface area contributed by atoms with Crippen LogP contribution in [0.25, 0.3) is 0 Å². The van der Waals surface area contributed by atoms with Gasteiger partial charge in [0.25, 0.3) is 0 Å². The molecule has 84 valence electrons. The molecule has 0 saturated carbocycles. The Kier molecular flexibility index (Phi) is 5.13. The minimum Gasteiger partial charge on any atom is -0.341 e. The Hall–Kier alpha value is -0.570. The van der Waals surface area contributed by atoms with E-state index in [-0.39, 0.29) is 11.3 Å². The van der Waals surface area contributed by atoms with Gasteiger partial charge in [0.05, 0.1) is 0 Å². The summed E-state index contributed by atoms with van der Waals surface area (Å²) in [6.45, 7) is 10.5. The van der Waals surface area contributed by atoms with Crippen LogP contribution < -0.4 is 0 Å². The highest BCUT2D eigenvalue weighted by Crippen LogP contribution is 2.16. The van der Waals surface area contributed by atoms with Gasteiger partial charge in [-0.15, -0.1) is 0 Å². The van der Waals surface area contributed by atoms with Crippen LogP contribution in [0.1, 0.15) is 27.7 Å². The van der Waals surface area contributed by atoms with Crippen molar-refractivity contribution in [2.75, 3.05) is 33.7 Å². The third kappa shape index (κ3) is 4.61. The third-order valence-electron chi connectivity index (χ3n) is 2.13. The normalized spacial score (nSPS) is 11.9. The molecule has 0 aromatic carbocycles. The summed E-state index contributed by atoms with van der Waals surface area (Å²) in [4.78, 5) is 15.9. The highest BCUT2D eigenvalue weighted by atomic mass is 16.2. The second kappa shape index (κ2) is 5.35. The fourth-order valence-corrected chi connectivity index (χ4v) is 1.20. The Bertz CT molecular complexity index is 182. The summed E-state index contributed by atoms with van der Waals surface area (Å²) in [7, 11) is 4.05. The lowest BCUT2D eigenvalue weighted by molar-refractivity contribution is -0.139. The molecule has 0 aromatic heterocycles. The Morgan fingerprint density at radius 1 is 1.14 bits per heavy atom. The van der Waals surface area contributed by atoms with Crippen molar-refractivity contribution in [3.8, 4) is 0 Å². The van der Waals surface area contributed by atoms with Gasteiger partial charge in [0, 0.05) is 25.0 Å². The van der Waals surface area contributed by atoms with E-state index in [1.807, 2.05) is 46.7 Å². The maximum atomic E-state index is 11.9. The first-order chi connectivity index (χ1) is 6.29. The molecule has 0 aliphatic heterocycles. The first-order valence-electron chi connectivity index (χ1n) is 5.23. The molecule has 0 aliphatic carbocycles. The highest BCUT2D eigenvalue weighted by Gasteiger charge is 2.25. The molecule has 0 radical (unpaired) electrons. The lowest BCUT2D eigenvalue weighted by Gasteiger charge is -2.29. The van der Waals surface area contributed by atoms with Crippen LogP contribution in [0.4, 0.5) is 0 Å². The number of likely N-dealkylation sites (N-methyl/N-ethyl adjacent to an activating group) is 2. The molecule has 0 N–H and O–H groups in total. The van der Waals surface area contributed by atoms with Crippen molar-refractivity contribution in [1.29, 1.82) is 0 Å². The molecule has 0 fully saturated rings. The highest BCUT2D eigenvalue weighted by molar-refractivity contribution is 5.81. The van der Waals surface area contributed by atoms with Crippen LogP contribution in [0.15, 0.2) is 0 Å². The van der Waals surface area contributed by atoms with Crippen LogP contribution in [-0.4, -0.2) is 49.4 Å². The van der Waals surface area contributed by atoms with E-state index in [1.165, 1.54) is 0 Å². The predicted octanol–water partition coefficient (Wildman–Crippen LogP) is 1.44. The molecule has 0 aliphatic rings. The predicted molar refractivity (Wildman–Crippen MR) is 60.3 cm³/mol. The molecule has 0 rings (SSSR count). The van der Waals surface area contributed by atoms with Crippen LogP contribution in [0.2, 0.25) is 0 Å². The minimum atomic E-state index is -0.262. The van der Waals surface area contributed by atoms with Crippen molar-refractivity contribution in [3.05, 3.63) is 0 Å². The fourth-order valence-electron chi connectivity index (χ4n) is 1.20. The first-order valence-corrected chi connectivity index (χ1v) is 5.23. The zero-order valence-electron chi connectivity index (χ0n) is 10.4. The standard InChI is InChI=1S/C11H24N2O/c1-7-13(9-8-12(5)6)10(14)11(2,3)4/h7-9H2,1-6H3. The molecular weight excluding hydrogens is 176 g/mol. The van der Waals surface area contributed by atoms with E-state index in [1.54, 1.807) is 0 Å². The van der Waals surface area contributed by atoms with Crippen molar-refractivity contribution < 1.29 is 4.79 Å². The number of rotatable bonds is 4. The van der Waals surface area contributed by atoms with Gasteiger partial charge in [0.2, 0.25) is 5.91 Å². The molecule has 0 unspecified atom stereocenters. The Balaban J connectivity index is 4.21. The maximum absolute atomic E-state index is 11.9. The molecule has 0 bridgehead atoms. The number of nitrogens with zero attached hydrogens (tertiary/aromatic N) is 2. The number of hydrogen-bond acceptors (Lipinski definition) is 2. The number of amides is 1. The van der Waals surface area contributed by atoms with Gasteiger partial charge in [-0.1, -0.05) is 20.8 Å². The monoisotopic (exact) mass is 200 g/mol. The number of hydrogen-bond donors (Lipinski definition) is 0. The SMILES string of the molecule is CCN(CCN(C)C)C(=O)C(C)(C)C. The second-order valence-corrected chi connectivity index (χ2v) is 4.94. The molecule has 0 atom stereocenters. The van der Waals surface area contributed by atoms with Gasteiger partial charge in [-0.25, -0.2) is 0 Å². The number of carbonyl (C=O) groups excluding carboxylic acids is 1. The summed E-state index contributed by atoms with van der Waals surface area (Å²) in [6, 6.07) is 0. The molecule has 0 saturated heterocycles. The average Bonchev–Trinajstić information content (AvgIpc) is 2.03. The van der Waals surface area contributed by atoms with Crippen LogP contribution in [0, 0.1) is 5.41 Å².